The lowest BCUT2D eigenvalue weighted by atomic mass is 10.1. The minimum absolute atomic E-state index is 0.0851. The molecule has 2 aromatic carbocycles. The monoisotopic (exact) mass is 386 g/mol. The summed E-state index contributed by atoms with van der Waals surface area (Å²) in [5.41, 5.74) is 2.52. The van der Waals surface area contributed by atoms with Gasteiger partial charge in [0.15, 0.2) is 0 Å². The molecule has 0 saturated heterocycles. The van der Waals surface area contributed by atoms with E-state index in [1.165, 1.54) is 0 Å². The third-order valence-electron chi connectivity index (χ3n) is 4.16. The summed E-state index contributed by atoms with van der Waals surface area (Å²) in [6.45, 7) is 4.03. The molecule has 0 radical (unpaired) electrons. The smallest absolute Gasteiger partial charge is 0.340 e. The van der Waals surface area contributed by atoms with Crippen LogP contribution >= 0.6 is 0 Å². The van der Waals surface area contributed by atoms with Crippen molar-refractivity contribution in [2.45, 2.75) is 32.9 Å². The summed E-state index contributed by atoms with van der Waals surface area (Å²) in [6.07, 6.45) is -1.85. The van der Waals surface area contributed by atoms with Gasteiger partial charge in [-0.05, 0) is 43.2 Å². The van der Waals surface area contributed by atoms with Gasteiger partial charge in [-0.3, -0.25) is 0 Å². The minimum Gasteiger partial charge on any atom is -0.340 e. The van der Waals surface area contributed by atoms with Gasteiger partial charge in [0, 0.05) is 17.6 Å². The number of benzene rings is 2. The average molecular weight is 386 g/mol. The van der Waals surface area contributed by atoms with Gasteiger partial charge in [-0.2, -0.15) is 18.2 Å². The van der Waals surface area contributed by atoms with Gasteiger partial charge in [0.1, 0.15) is 11.4 Å². The number of aromatic nitrogens is 2. The molecular formula is C21H21F3N4. The van der Waals surface area contributed by atoms with Crippen LogP contribution in [0.2, 0.25) is 0 Å². The molecule has 0 bridgehead atoms. The van der Waals surface area contributed by atoms with E-state index in [9.17, 15) is 13.2 Å². The first kappa shape index (κ1) is 19.7. The molecule has 0 atom stereocenters. The number of hydrogen-bond donors (Lipinski definition) is 2. The third-order valence-corrected chi connectivity index (χ3v) is 4.16. The lowest BCUT2D eigenvalue weighted by molar-refractivity contribution is -0.137. The van der Waals surface area contributed by atoms with Crippen LogP contribution in [0.25, 0.3) is 0 Å². The van der Waals surface area contributed by atoms with Gasteiger partial charge >= 0.3 is 6.18 Å². The van der Waals surface area contributed by atoms with Crippen molar-refractivity contribution in [2.75, 3.05) is 10.6 Å². The van der Waals surface area contributed by atoms with Crippen LogP contribution in [0.5, 0.6) is 0 Å². The molecule has 0 aliphatic carbocycles. The van der Waals surface area contributed by atoms with Crippen LogP contribution in [0.1, 0.15) is 30.0 Å². The molecule has 3 rings (SSSR count). The first-order valence-corrected chi connectivity index (χ1v) is 8.99. The standard InChI is InChI=1S/C21H21F3N4/c1-3-4-15-7-11-16(12-8-15)26-19-18(21(22,23)24)13-25-20(28-19)27-17-9-5-14(2)6-10-17/h5-13H,3-4H2,1-2H3,(H2,25,26,27,28). The molecule has 0 amide bonds. The number of hydrogen-bond acceptors (Lipinski definition) is 4. The second-order valence-corrected chi connectivity index (χ2v) is 6.52. The lowest BCUT2D eigenvalue weighted by Crippen LogP contribution is -2.12. The number of nitrogens with zero attached hydrogens (tertiary/aromatic N) is 2. The Hall–Kier alpha value is -3.09. The van der Waals surface area contributed by atoms with Crippen molar-refractivity contribution in [3.8, 4) is 0 Å². The van der Waals surface area contributed by atoms with Gasteiger partial charge in [0.25, 0.3) is 0 Å². The Morgan fingerprint density at radius 1 is 0.893 bits per heavy atom. The Labute approximate surface area is 161 Å². The fourth-order valence-electron chi connectivity index (χ4n) is 2.69. The third kappa shape index (κ3) is 5.00. The van der Waals surface area contributed by atoms with E-state index in [-0.39, 0.29) is 11.8 Å². The van der Waals surface area contributed by atoms with E-state index < -0.39 is 11.7 Å². The molecule has 0 unspecified atom stereocenters. The van der Waals surface area contributed by atoms with Crippen molar-refractivity contribution >= 4 is 23.1 Å². The van der Waals surface area contributed by atoms with Gasteiger partial charge < -0.3 is 10.6 Å². The molecular weight excluding hydrogens is 365 g/mol. The molecule has 2 N–H and O–H groups in total. The SMILES string of the molecule is CCCc1ccc(Nc2nc(Nc3ccc(C)cc3)ncc2C(F)(F)F)cc1. The molecule has 4 nitrogen and oxygen atoms in total. The Kier molecular flexibility index (Phi) is 5.82. The highest BCUT2D eigenvalue weighted by Gasteiger charge is 2.35. The number of aryl methyl sites for hydroxylation is 2. The van der Waals surface area contributed by atoms with Crippen molar-refractivity contribution in [1.82, 2.24) is 9.97 Å². The van der Waals surface area contributed by atoms with Crippen molar-refractivity contribution in [1.29, 1.82) is 0 Å². The minimum atomic E-state index is -4.56. The summed E-state index contributed by atoms with van der Waals surface area (Å²) >= 11 is 0. The fourth-order valence-corrected chi connectivity index (χ4v) is 2.69. The van der Waals surface area contributed by atoms with Crippen molar-refractivity contribution in [3.05, 3.63) is 71.4 Å². The number of halogens is 3. The van der Waals surface area contributed by atoms with E-state index in [1.54, 1.807) is 12.1 Å². The van der Waals surface area contributed by atoms with Crippen molar-refractivity contribution in [3.63, 3.8) is 0 Å². The predicted octanol–water partition coefficient (Wildman–Crippen LogP) is 6.24. The van der Waals surface area contributed by atoms with Gasteiger partial charge in [-0.1, -0.05) is 43.2 Å². The summed E-state index contributed by atoms with van der Waals surface area (Å²) in [7, 11) is 0. The van der Waals surface area contributed by atoms with E-state index in [0.717, 1.165) is 30.2 Å². The van der Waals surface area contributed by atoms with E-state index in [1.807, 2.05) is 43.3 Å². The molecule has 7 heteroatoms. The maximum Gasteiger partial charge on any atom is 0.421 e. The highest BCUT2D eigenvalue weighted by molar-refractivity contribution is 5.63. The van der Waals surface area contributed by atoms with E-state index in [4.69, 9.17) is 0 Å². The first-order chi connectivity index (χ1) is 13.3. The molecule has 0 saturated carbocycles. The molecule has 1 aromatic heterocycles. The van der Waals surface area contributed by atoms with Crippen LogP contribution in [-0.4, -0.2) is 9.97 Å². The van der Waals surface area contributed by atoms with Crippen LogP contribution in [0.4, 0.5) is 36.3 Å². The number of nitrogens with one attached hydrogen (secondary N) is 2. The molecule has 3 aromatic rings. The van der Waals surface area contributed by atoms with Crippen LogP contribution in [0, 0.1) is 6.92 Å². The normalized spacial score (nSPS) is 11.3. The Balaban J connectivity index is 1.88. The second-order valence-electron chi connectivity index (χ2n) is 6.52. The molecule has 28 heavy (non-hydrogen) atoms. The largest absolute Gasteiger partial charge is 0.421 e. The average Bonchev–Trinajstić information content (AvgIpc) is 2.65. The number of rotatable bonds is 6. The highest BCUT2D eigenvalue weighted by Crippen LogP contribution is 2.35. The second kappa shape index (κ2) is 8.29. The Bertz CT molecular complexity index is 920. The van der Waals surface area contributed by atoms with Gasteiger partial charge in [-0.25, -0.2) is 4.98 Å². The fraction of sp³-hybridized carbons (Fsp3) is 0.238. The molecule has 0 aliphatic rings. The molecule has 0 fully saturated rings. The van der Waals surface area contributed by atoms with Crippen LogP contribution in [-0.2, 0) is 12.6 Å². The van der Waals surface area contributed by atoms with E-state index in [0.29, 0.717) is 11.4 Å². The van der Waals surface area contributed by atoms with Crippen LogP contribution < -0.4 is 10.6 Å². The highest BCUT2D eigenvalue weighted by atomic mass is 19.4. The maximum atomic E-state index is 13.4. The zero-order chi connectivity index (χ0) is 20.1. The van der Waals surface area contributed by atoms with Gasteiger partial charge in [0.05, 0.1) is 0 Å². The van der Waals surface area contributed by atoms with E-state index in [2.05, 4.69) is 27.5 Å². The summed E-state index contributed by atoms with van der Waals surface area (Å²) in [5.74, 6) is -0.206. The number of alkyl halides is 3. The zero-order valence-electron chi connectivity index (χ0n) is 15.6. The van der Waals surface area contributed by atoms with Gasteiger partial charge in [0.2, 0.25) is 5.95 Å². The molecule has 0 spiro atoms. The summed E-state index contributed by atoms with van der Waals surface area (Å²) < 4.78 is 40.1. The Morgan fingerprint density at radius 3 is 2.11 bits per heavy atom. The molecule has 1 heterocycles. The predicted molar refractivity (Wildman–Crippen MR) is 105 cm³/mol. The molecule has 0 aliphatic heterocycles. The maximum absolute atomic E-state index is 13.4. The first-order valence-electron chi connectivity index (χ1n) is 8.99. The summed E-state index contributed by atoms with van der Waals surface area (Å²) in [6, 6.07) is 14.7. The molecule has 146 valence electrons. The summed E-state index contributed by atoms with van der Waals surface area (Å²) in [4.78, 5) is 7.88. The lowest BCUT2D eigenvalue weighted by Gasteiger charge is -2.15. The topological polar surface area (TPSA) is 49.8 Å². The van der Waals surface area contributed by atoms with Crippen molar-refractivity contribution in [2.24, 2.45) is 0 Å². The Morgan fingerprint density at radius 2 is 1.50 bits per heavy atom. The quantitative estimate of drug-likeness (QED) is 0.526. The zero-order valence-corrected chi connectivity index (χ0v) is 15.6. The van der Waals surface area contributed by atoms with E-state index >= 15 is 0 Å². The number of anilines is 4. The van der Waals surface area contributed by atoms with Crippen LogP contribution in [0.15, 0.2) is 54.7 Å². The van der Waals surface area contributed by atoms with Crippen molar-refractivity contribution < 1.29 is 13.2 Å². The summed E-state index contributed by atoms with van der Waals surface area (Å²) in [5, 5.41) is 5.70. The van der Waals surface area contributed by atoms with Gasteiger partial charge in [-0.15, -0.1) is 0 Å². The van der Waals surface area contributed by atoms with Crippen LogP contribution in [0.3, 0.4) is 0 Å².